The fourth-order valence-corrected chi connectivity index (χ4v) is 1.87. The molecule has 0 unspecified atom stereocenters. The molecule has 0 aliphatic carbocycles. The van der Waals surface area contributed by atoms with Crippen LogP contribution in [0.2, 0.25) is 0 Å². The molecule has 0 aliphatic rings. The molecular formula is C12H14N6O2. The molecule has 20 heavy (non-hydrogen) atoms. The van der Waals surface area contributed by atoms with Gasteiger partial charge >= 0.3 is 0 Å². The standard InChI is InChI=1S/C12H14N6O2/c1-12(2,3)9-11(20)18-10(16-15-9)6(5-13)7(17-18)4-8(14)19/h17H,4H2,1-3H3,(H2,14,19). The van der Waals surface area contributed by atoms with Crippen LogP contribution in [0.3, 0.4) is 0 Å². The van der Waals surface area contributed by atoms with E-state index in [4.69, 9.17) is 11.0 Å². The summed E-state index contributed by atoms with van der Waals surface area (Å²) in [7, 11) is 0. The second kappa shape index (κ2) is 4.45. The van der Waals surface area contributed by atoms with Crippen LogP contribution < -0.4 is 11.3 Å². The highest BCUT2D eigenvalue weighted by Crippen LogP contribution is 2.17. The van der Waals surface area contributed by atoms with Crippen molar-refractivity contribution < 1.29 is 4.79 Å². The molecule has 0 spiro atoms. The van der Waals surface area contributed by atoms with Crippen molar-refractivity contribution in [2.45, 2.75) is 32.6 Å². The predicted octanol–water partition coefficient (Wildman–Crippen LogP) is -0.385. The lowest BCUT2D eigenvalue weighted by atomic mass is 9.93. The molecule has 0 atom stereocenters. The topological polar surface area (TPSA) is 130 Å². The van der Waals surface area contributed by atoms with Crippen LogP contribution in [0.5, 0.6) is 0 Å². The quantitative estimate of drug-likeness (QED) is 0.770. The highest BCUT2D eigenvalue weighted by molar-refractivity contribution is 5.78. The van der Waals surface area contributed by atoms with Crippen LogP contribution in [0.25, 0.3) is 5.65 Å². The number of nitrogens with two attached hydrogens (primary N) is 1. The molecule has 0 radical (unpaired) electrons. The molecule has 3 N–H and O–H groups in total. The van der Waals surface area contributed by atoms with Gasteiger partial charge in [-0.3, -0.25) is 14.7 Å². The van der Waals surface area contributed by atoms with Crippen LogP contribution in [0.4, 0.5) is 0 Å². The second-order valence-electron chi connectivity index (χ2n) is 5.48. The van der Waals surface area contributed by atoms with Gasteiger partial charge in [-0.2, -0.15) is 9.78 Å². The first-order valence-electron chi connectivity index (χ1n) is 5.95. The Labute approximate surface area is 114 Å². The van der Waals surface area contributed by atoms with Gasteiger partial charge in [-0.15, -0.1) is 10.2 Å². The minimum absolute atomic E-state index is 0.0988. The van der Waals surface area contributed by atoms with Gasteiger partial charge in [0.25, 0.3) is 5.56 Å². The van der Waals surface area contributed by atoms with Crippen molar-refractivity contribution in [1.29, 1.82) is 5.26 Å². The van der Waals surface area contributed by atoms with Crippen molar-refractivity contribution in [2.75, 3.05) is 0 Å². The maximum absolute atomic E-state index is 12.3. The van der Waals surface area contributed by atoms with Crippen LogP contribution in [0, 0.1) is 11.3 Å². The van der Waals surface area contributed by atoms with Gasteiger partial charge in [0.1, 0.15) is 17.3 Å². The summed E-state index contributed by atoms with van der Waals surface area (Å²) in [6.07, 6.45) is -0.170. The molecule has 1 amide bonds. The number of rotatable bonds is 2. The molecule has 0 bridgehead atoms. The van der Waals surface area contributed by atoms with Crippen LogP contribution in [0.1, 0.15) is 37.7 Å². The number of H-pyrrole nitrogens is 1. The van der Waals surface area contributed by atoms with Crippen molar-refractivity contribution in [3.05, 3.63) is 27.3 Å². The number of carbonyl (C=O) groups excluding carboxylic acids is 1. The van der Waals surface area contributed by atoms with E-state index in [1.165, 1.54) is 0 Å². The lowest BCUT2D eigenvalue weighted by Crippen LogP contribution is -2.30. The van der Waals surface area contributed by atoms with Crippen molar-refractivity contribution in [1.82, 2.24) is 19.8 Å². The molecule has 2 heterocycles. The molecule has 0 aromatic carbocycles. The molecular weight excluding hydrogens is 260 g/mol. The van der Waals surface area contributed by atoms with Gasteiger partial charge < -0.3 is 5.73 Å². The van der Waals surface area contributed by atoms with Gasteiger partial charge in [0, 0.05) is 5.41 Å². The zero-order chi connectivity index (χ0) is 15.1. The number of nitriles is 1. The number of nitrogens with one attached hydrogen (secondary N) is 1. The number of fused-ring (bicyclic) bond motifs is 1. The fourth-order valence-electron chi connectivity index (χ4n) is 1.87. The second-order valence-corrected chi connectivity index (χ2v) is 5.48. The Morgan fingerprint density at radius 3 is 2.60 bits per heavy atom. The summed E-state index contributed by atoms with van der Waals surface area (Å²) >= 11 is 0. The average molecular weight is 274 g/mol. The Kier molecular flexibility index (Phi) is 3.06. The number of aromatic nitrogens is 4. The molecule has 104 valence electrons. The third-order valence-electron chi connectivity index (χ3n) is 2.81. The molecule has 0 saturated carbocycles. The summed E-state index contributed by atoms with van der Waals surface area (Å²) in [6, 6.07) is 1.91. The molecule has 8 heteroatoms. The van der Waals surface area contributed by atoms with Gasteiger partial charge in [0.05, 0.1) is 12.1 Å². The molecule has 2 aromatic rings. The Balaban J connectivity index is 2.79. The Hall–Kier alpha value is -2.69. The number of hydrogen-bond donors (Lipinski definition) is 2. The third kappa shape index (κ3) is 2.14. The summed E-state index contributed by atoms with van der Waals surface area (Å²) in [5, 5.41) is 19.7. The van der Waals surface area contributed by atoms with E-state index in [9.17, 15) is 9.59 Å². The maximum Gasteiger partial charge on any atom is 0.295 e. The largest absolute Gasteiger partial charge is 0.369 e. The van der Waals surface area contributed by atoms with E-state index in [1.807, 2.05) is 26.8 Å². The summed E-state index contributed by atoms with van der Waals surface area (Å²) in [4.78, 5) is 23.3. The highest BCUT2D eigenvalue weighted by Gasteiger charge is 2.24. The van der Waals surface area contributed by atoms with Gasteiger partial charge in [0.15, 0.2) is 5.65 Å². The van der Waals surface area contributed by atoms with E-state index in [2.05, 4.69) is 15.3 Å². The first-order chi connectivity index (χ1) is 9.25. The molecule has 0 saturated heterocycles. The smallest absolute Gasteiger partial charge is 0.295 e. The van der Waals surface area contributed by atoms with Crippen LogP contribution in [0.15, 0.2) is 4.79 Å². The van der Waals surface area contributed by atoms with Crippen molar-refractivity contribution >= 4 is 11.6 Å². The maximum atomic E-state index is 12.3. The average Bonchev–Trinajstić information content (AvgIpc) is 2.65. The minimum atomic E-state index is -0.606. The zero-order valence-corrected chi connectivity index (χ0v) is 11.4. The highest BCUT2D eigenvalue weighted by atomic mass is 16.1. The molecule has 2 aromatic heterocycles. The zero-order valence-electron chi connectivity index (χ0n) is 11.4. The number of hydrogen-bond acceptors (Lipinski definition) is 5. The van der Waals surface area contributed by atoms with E-state index < -0.39 is 16.9 Å². The van der Waals surface area contributed by atoms with Crippen LogP contribution in [-0.4, -0.2) is 25.7 Å². The fraction of sp³-hybridized carbons (Fsp3) is 0.417. The lowest BCUT2D eigenvalue weighted by molar-refractivity contribution is -0.117. The van der Waals surface area contributed by atoms with E-state index in [0.29, 0.717) is 0 Å². The lowest BCUT2D eigenvalue weighted by Gasteiger charge is -2.14. The Bertz CT molecular complexity index is 787. The Morgan fingerprint density at radius 1 is 1.45 bits per heavy atom. The first kappa shape index (κ1) is 13.7. The molecule has 0 fully saturated rings. The van der Waals surface area contributed by atoms with Crippen molar-refractivity contribution in [3.8, 4) is 6.07 Å². The predicted molar refractivity (Wildman–Crippen MR) is 69.9 cm³/mol. The normalized spacial score (nSPS) is 11.5. The van der Waals surface area contributed by atoms with Gasteiger partial charge in [-0.1, -0.05) is 20.8 Å². The van der Waals surface area contributed by atoms with Gasteiger partial charge in [-0.05, 0) is 0 Å². The summed E-state index contributed by atoms with van der Waals surface area (Å²) in [6.45, 7) is 5.51. The van der Waals surface area contributed by atoms with E-state index in [-0.39, 0.29) is 29.0 Å². The third-order valence-corrected chi connectivity index (χ3v) is 2.81. The summed E-state index contributed by atoms with van der Waals surface area (Å²) in [5.41, 5.74) is 4.98. The number of amides is 1. The van der Waals surface area contributed by atoms with E-state index >= 15 is 0 Å². The molecule has 8 nitrogen and oxygen atoms in total. The summed E-state index contributed by atoms with van der Waals surface area (Å²) in [5.74, 6) is -0.606. The monoisotopic (exact) mass is 274 g/mol. The number of carbonyl (C=O) groups is 1. The van der Waals surface area contributed by atoms with Crippen LogP contribution >= 0.6 is 0 Å². The van der Waals surface area contributed by atoms with E-state index in [1.54, 1.807) is 0 Å². The van der Waals surface area contributed by atoms with Gasteiger partial charge in [0.2, 0.25) is 5.91 Å². The number of nitrogens with zero attached hydrogens (tertiary/aromatic N) is 4. The SMILES string of the molecule is CC(C)(C)c1nnc2c(C#N)c(CC(N)=O)[nH]n2c1=O. The number of aromatic amines is 1. The van der Waals surface area contributed by atoms with Gasteiger partial charge in [-0.25, -0.2) is 0 Å². The molecule has 0 aliphatic heterocycles. The first-order valence-corrected chi connectivity index (χ1v) is 5.95. The van der Waals surface area contributed by atoms with Crippen molar-refractivity contribution in [2.24, 2.45) is 5.73 Å². The summed E-state index contributed by atoms with van der Waals surface area (Å²) < 4.78 is 1.13. The van der Waals surface area contributed by atoms with E-state index in [0.717, 1.165) is 4.52 Å². The number of primary amides is 1. The molecule has 2 rings (SSSR count). The minimum Gasteiger partial charge on any atom is -0.369 e. The van der Waals surface area contributed by atoms with Crippen LogP contribution in [-0.2, 0) is 16.6 Å². The Morgan fingerprint density at radius 2 is 2.10 bits per heavy atom. The van der Waals surface area contributed by atoms with Crippen molar-refractivity contribution in [3.63, 3.8) is 0 Å².